The van der Waals surface area contributed by atoms with Crippen molar-refractivity contribution in [3.05, 3.63) is 89.4 Å². The molecule has 152 valence electrons. The standard InChI is InChI=1S/C22H23ClN2O3S/c1-25(2)16-22(17-8-10-18(23)11-9-17)24-29(26,27)21-14-12-20(13-15-21)28-19-6-4-3-5-7-19/h3-15,22,24H,16H2,1-2H3/t22-/m1/s1. The van der Waals surface area contributed by atoms with Crippen molar-refractivity contribution in [2.75, 3.05) is 20.6 Å². The third-order valence-electron chi connectivity index (χ3n) is 4.23. The fourth-order valence-electron chi connectivity index (χ4n) is 2.84. The van der Waals surface area contributed by atoms with Crippen molar-refractivity contribution in [1.82, 2.24) is 9.62 Å². The van der Waals surface area contributed by atoms with E-state index in [2.05, 4.69) is 4.72 Å². The van der Waals surface area contributed by atoms with Crippen molar-refractivity contribution in [2.24, 2.45) is 0 Å². The zero-order valence-corrected chi connectivity index (χ0v) is 17.8. The molecule has 0 fully saturated rings. The summed E-state index contributed by atoms with van der Waals surface area (Å²) in [5.74, 6) is 1.26. The van der Waals surface area contributed by atoms with Crippen molar-refractivity contribution < 1.29 is 13.2 Å². The van der Waals surface area contributed by atoms with Gasteiger partial charge in [0.15, 0.2) is 0 Å². The SMILES string of the molecule is CN(C)C[C@@H](NS(=O)(=O)c1ccc(Oc2ccccc2)cc1)c1ccc(Cl)cc1. The van der Waals surface area contributed by atoms with Crippen molar-refractivity contribution in [2.45, 2.75) is 10.9 Å². The zero-order chi connectivity index (χ0) is 20.9. The Morgan fingerprint density at radius 3 is 2.07 bits per heavy atom. The first-order valence-corrected chi connectivity index (χ1v) is 10.9. The highest BCUT2D eigenvalue weighted by Crippen LogP contribution is 2.24. The molecule has 0 saturated heterocycles. The fraction of sp³-hybridized carbons (Fsp3) is 0.182. The fourth-order valence-corrected chi connectivity index (χ4v) is 4.18. The van der Waals surface area contributed by atoms with Gasteiger partial charge in [-0.3, -0.25) is 0 Å². The van der Waals surface area contributed by atoms with Crippen LogP contribution in [0.5, 0.6) is 11.5 Å². The molecule has 0 aliphatic carbocycles. The van der Waals surface area contributed by atoms with Gasteiger partial charge in [0, 0.05) is 11.6 Å². The van der Waals surface area contributed by atoms with E-state index in [1.165, 1.54) is 12.1 Å². The van der Waals surface area contributed by atoms with Crippen LogP contribution in [0.4, 0.5) is 0 Å². The highest BCUT2D eigenvalue weighted by molar-refractivity contribution is 7.89. The van der Waals surface area contributed by atoms with Crippen LogP contribution in [0.2, 0.25) is 5.02 Å². The van der Waals surface area contributed by atoms with Gasteiger partial charge in [0.05, 0.1) is 10.9 Å². The number of likely N-dealkylation sites (N-methyl/N-ethyl adjacent to an activating group) is 1. The predicted octanol–water partition coefficient (Wildman–Crippen LogP) is 4.71. The number of sulfonamides is 1. The number of rotatable bonds is 8. The highest BCUT2D eigenvalue weighted by atomic mass is 35.5. The van der Waals surface area contributed by atoms with Crippen molar-refractivity contribution in [1.29, 1.82) is 0 Å². The number of hydrogen-bond acceptors (Lipinski definition) is 4. The lowest BCUT2D eigenvalue weighted by molar-refractivity contribution is 0.363. The molecule has 3 aromatic carbocycles. The minimum atomic E-state index is -3.72. The van der Waals surface area contributed by atoms with E-state index >= 15 is 0 Å². The molecule has 3 rings (SSSR count). The van der Waals surface area contributed by atoms with E-state index in [1.54, 1.807) is 24.3 Å². The number of benzene rings is 3. The molecule has 0 aliphatic rings. The molecule has 0 spiro atoms. The van der Waals surface area contributed by atoms with Crippen LogP contribution in [0.3, 0.4) is 0 Å². The number of nitrogens with one attached hydrogen (secondary N) is 1. The second-order valence-corrected chi connectivity index (χ2v) is 9.02. The van der Waals surface area contributed by atoms with E-state index < -0.39 is 16.1 Å². The third kappa shape index (κ3) is 6.05. The van der Waals surface area contributed by atoms with Crippen LogP contribution in [-0.4, -0.2) is 34.0 Å². The summed E-state index contributed by atoms with van der Waals surface area (Å²) in [5, 5.41) is 0.606. The maximum atomic E-state index is 12.9. The Bertz CT molecular complexity index is 1020. The Labute approximate surface area is 176 Å². The average molecular weight is 431 g/mol. The first kappa shape index (κ1) is 21.3. The van der Waals surface area contributed by atoms with E-state index in [0.29, 0.717) is 23.1 Å². The number of hydrogen-bond donors (Lipinski definition) is 1. The van der Waals surface area contributed by atoms with Crippen LogP contribution in [0.25, 0.3) is 0 Å². The molecule has 3 aromatic rings. The maximum absolute atomic E-state index is 12.9. The van der Waals surface area contributed by atoms with E-state index in [1.807, 2.05) is 61.5 Å². The lowest BCUT2D eigenvalue weighted by Crippen LogP contribution is -2.35. The summed E-state index contributed by atoms with van der Waals surface area (Å²) < 4.78 is 34.4. The topological polar surface area (TPSA) is 58.6 Å². The molecule has 0 radical (unpaired) electrons. The van der Waals surface area contributed by atoms with E-state index in [9.17, 15) is 8.42 Å². The van der Waals surface area contributed by atoms with Crippen LogP contribution in [0.15, 0.2) is 83.8 Å². The van der Waals surface area contributed by atoms with E-state index in [-0.39, 0.29) is 4.90 Å². The third-order valence-corrected chi connectivity index (χ3v) is 5.97. The van der Waals surface area contributed by atoms with Crippen LogP contribution in [-0.2, 0) is 10.0 Å². The molecule has 5 nitrogen and oxygen atoms in total. The lowest BCUT2D eigenvalue weighted by atomic mass is 10.1. The monoisotopic (exact) mass is 430 g/mol. The summed E-state index contributed by atoms with van der Waals surface area (Å²) in [6, 6.07) is 22.4. The molecule has 0 amide bonds. The minimum Gasteiger partial charge on any atom is -0.457 e. The van der Waals surface area contributed by atoms with Crippen LogP contribution in [0, 0.1) is 0 Å². The minimum absolute atomic E-state index is 0.177. The smallest absolute Gasteiger partial charge is 0.241 e. The van der Waals surface area contributed by atoms with Crippen molar-refractivity contribution in [3.63, 3.8) is 0 Å². The van der Waals surface area contributed by atoms with Crippen LogP contribution >= 0.6 is 11.6 Å². The van der Waals surface area contributed by atoms with E-state index in [4.69, 9.17) is 16.3 Å². The summed E-state index contributed by atoms with van der Waals surface area (Å²) in [6.45, 7) is 0.510. The van der Waals surface area contributed by atoms with Gasteiger partial charge in [0.25, 0.3) is 0 Å². The molecule has 29 heavy (non-hydrogen) atoms. The molecule has 0 heterocycles. The summed E-state index contributed by atoms with van der Waals surface area (Å²) in [7, 11) is 0.0733. The molecule has 0 aliphatic heterocycles. The van der Waals surface area contributed by atoms with Gasteiger partial charge < -0.3 is 9.64 Å². The van der Waals surface area contributed by atoms with Gasteiger partial charge in [0.2, 0.25) is 10.0 Å². The molecule has 0 unspecified atom stereocenters. The Hall–Kier alpha value is -2.38. The average Bonchev–Trinajstić information content (AvgIpc) is 2.69. The second-order valence-electron chi connectivity index (χ2n) is 6.87. The molecule has 0 aromatic heterocycles. The van der Waals surface area contributed by atoms with Crippen molar-refractivity contribution >= 4 is 21.6 Å². The summed E-state index contributed by atoms with van der Waals surface area (Å²) in [4.78, 5) is 2.11. The number of nitrogens with zero attached hydrogens (tertiary/aromatic N) is 1. The van der Waals surface area contributed by atoms with Crippen molar-refractivity contribution in [3.8, 4) is 11.5 Å². The second kappa shape index (κ2) is 9.41. The largest absolute Gasteiger partial charge is 0.457 e. The van der Waals surface area contributed by atoms with Crippen LogP contribution < -0.4 is 9.46 Å². The van der Waals surface area contributed by atoms with Gasteiger partial charge >= 0.3 is 0 Å². The Balaban J connectivity index is 1.78. The highest BCUT2D eigenvalue weighted by Gasteiger charge is 2.22. The summed E-state index contributed by atoms with van der Waals surface area (Å²) >= 11 is 5.96. The molecule has 1 N–H and O–H groups in total. The Morgan fingerprint density at radius 1 is 0.897 bits per heavy atom. The lowest BCUT2D eigenvalue weighted by Gasteiger charge is -2.23. The van der Waals surface area contributed by atoms with Crippen LogP contribution in [0.1, 0.15) is 11.6 Å². The zero-order valence-electron chi connectivity index (χ0n) is 16.2. The van der Waals surface area contributed by atoms with Gasteiger partial charge in [-0.05, 0) is 68.2 Å². The van der Waals surface area contributed by atoms with Gasteiger partial charge in [-0.15, -0.1) is 0 Å². The maximum Gasteiger partial charge on any atom is 0.241 e. The van der Waals surface area contributed by atoms with Gasteiger partial charge in [-0.25, -0.2) is 13.1 Å². The first-order chi connectivity index (χ1) is 13.8. The molecule has 0 bridgehead atoms. The first-order valence-electron chi connectivity index (χ1n) is 9.09. The quantitative estimate of drug-likeness (QED) is 0.562. The number of halogens is 1. The molecule has 1 atom stereocenters. The number of para-hydroxylation sites is 1. The van der Waals surface area contributed by atoms with Gasteiger partial charge in [0.1, 0.15) is 11.5 Å². The molecular formula is C22H23ClN2O3S. The summed E-state index contributed by atoms with van der Waals surface area (Å²) in [5.41, 5.74) is 0.843. The van der Waals surface area contributed by atoms with Gasteiger partial charge in [-0.2, -0.15) is 0 Å². The molecule has 0 saturated carbocycles. The predicted molar refractivity (Wildman–Crippen MR) is 116 cm³/mol. The van der Waals surface area contributed by atoms with Gasteiger partial charge in [-0.1, -0.05) is 41.9 Å². The molecular weight excluding hydrogens is 408 g/mol. The summed E-state index contributed by atoms with van der Waals surface area (Å²) in [6.07, 6.45) is 0. The normalized spacial score (nSPS) is 12.7. The number of ether oxygens (including phenoxy) is 1. The molecule has 7 heteroatoms. The Kier molecular flexibility index (Phi) is 6.92. The Morgan fingerprint density at radius 2 is 1.48 bits per heavy atom. The van der Waals surface area contributed by atoms with E-state index in [0.717, 1.165) is 5.56 Å².